The summed E-state index contributed by atoms with van der Waals surface area (Å²) in [5.41, 5.74) is -9.38. The van der Waals surface area contributed by atoms with Crippen molar-refractivity contribution >= 4 is 17.5 Å². The fraction of sp³-hybridized carbons (Fsp3) is 0.808. The van der Waals surface area contributed by atoms with E-state index >= 15 is 0 Å². The van der Waals surface area contributed by atoms with Gasteiger partial charge in [-0.15, -0.1) is 0 Å². The lowest BCUT2D eigenvalue weighted by Crippen LogP contribution is -2.80. The number of ether oxygens (including phenoxy) is 1. The van der Waals surface area contributed by atoms with E-state index in [1.165, 1.54) is 14.0 Å². The molecule has 0 aromatic heterocycles. The number of aliphatic hydroxyl groups excluding tert-OH is 1. The van der Waals surface area contributed by atoms with Crippen LogP contribution in [0.3, 0.4) is 0 Å². The largest absolute Gasteiger partial charge is 0.468 e. The summed E-state index contributed by atoms with van der Waals surface area (Å²) in [6, 6.07) is 0. The van der Waals surface area contributed by atoms with Crippen LogP contribution in [0.2, 0.25) is 0 Å². The predicted molar refractivity (Wildman–Crippen MR) is 120 cm³/mol. The first-order valence-corrected chi connectivity index (χ1v) is 11.9. The molecule has 0 aliphatic heterocycles. The lowest BCUT2D eigenvalue weighted by molar-refractivity contribution is -0.298. The summed E-state index contributed by atoms with van der Waals surface area (Å²) >= 11 is 0. The van der Waals surface area contributed by atoms with E-state index < -0.39 is 67.8 Å². The monoisotopic (exact) mass is 462 g/mol. The van der Waals surface area contributed by atoms with Crippen LogP contribution in [0.15, 0.2) is 12.2 Å². The smallest absolute Gasteiger partial charge is 0.324 e. The molecule has 33 heavy (non-hydrogen) atoms. The van der Waals surface area contributed by atoms with Crippen LogP contribution in [0, 0.1) is 33.0 Å². The topological polar surface area (TPSA) is 121 Å². The molecule has 4 saturated carbocycles. The minimum absolute atomic E-state index is 0.186. The number of carbonyl (C=O) groups excluding carboxylic acids is 3. The first kappa shape index (κ1) is 24.6. The Bertz CT molecular complexity index is 971. The molecule has 7 nitrogen and oxygen atoms in total. The summed E-state index contributed by atoms with van der Waals surface area (Å²) in [7, 11) is 1.20. The highest BCUT2D eigenvalue weighted by atomic mass is 16.5. The maximum absolute atomic E-state index is 14.0. The molecule has 0 spiro atoms. The summed E-state index contributed by atoms with van der Waals surface area (Å²) in [6.07, 6.45) is 1.02. The van der Waals surface area contributed by atoms with Gasteiger partial charge in [-0.05, 0) is 62.9 Å². The molecule has 184 valence electrons. The van der Waals surface area contributed by atoms with E-state index in [2.05, 4.69) is 6.58 Å². The summed E-state index contributed by atoms with van der Waals surface area (Å²) in [4.78, 5) is 41.2. The van der Waals surface area contributed by atoms with Gasteiger partial charge in [-0.1, -0.05) is 34.3 Å². The van der Waals surface area contributed by atoms with E-state index in [9.17, 15) is 29.7 Å². The number of hydrogen-bond acceptors (Lipinski definition) is 7. The number of Topliss-reactive ketones (excluding diaryl/α,β-unsaturated/α-hetero) is 2. The van der Waals surface area contributed by atoms with Crippen molar-refractivity contribution < 1.29 is 34.4 Å². The van der Waals surface area contributed by atoms with Gasteiger partial charge in [0.05, 0.1) is 24.2 Å². The Hall–Kier alpha value is -1.57. The van der Waals surface area contributed by atoms with Crippen LogP contribution in [0.1, 0.15) is 73.6 Å². The number of fused-ring (bicyclic) bond motifs is 6. The van der Waals surface area contributed by atoms with Crippen molar-refractivity contribution in [2.24, 2.45) is 33.0 Å². The van der Waals surface area contributed by atoms with Gasteiger partial charge in [0.1, 0.15) is 0 Å². The lowest BCUT2D eigenvalue weighted by Gasteiger charge is -2.74. The molecule has 4 rings (SSSR count). The zero-order chi connectivity index (χ0) is 25.2. The number of carbonyl (C=O) groups is 3. The van der Waals surface area contributed by atoms with E-state index in [-0.39, 0.29) is 24.8 Å². The fourth-order valence-corrected chi connectivity index (χ4v) is 8.83. The van der Waals surface area contributed by atoms with Gasteiger partial charge in [-0.25, -0.2) is 0 Å². The van der Waals surface area contributed by atoms with Crippen LogP contribution >= 0.6 is 0 Å². The predicted octanol–water partition coefficient (Wildman–Crippen LogP) is 2.35. The Morgan fingerprint density at radius 3 is 2.09 bits per heavy atom. The summed E-state index contributed by atoms with van der Waals surface area (Å²) < 4.78 is 5.20. The Balaban J connectivity index is 2.06. The van der Waals surface area contributed by atoms with Crippen LogP contribution in [-0.4, -0.2) is 57.3 Å². The van der Waals surface area contributed by atoms with Gasteiger partial charge < -0.3 is 20.1 Å². The molecule has 3 N–H and O–H groups in total. The van der Waals surface area contributed by atoms with Crippen LogP contribution in [0.25, 0.3) is 0 Å². The maximum atomic E-state index is 14.0. The molecule has 0 saturated heterocycles. The van der Waals surface area contributed by atoms with Gasteiger partial charge in [0.2, 0.25) is 0 Å². The molecular weight excluding hydrogens is 424 g/mol. The molecule has 0 radical (unpaired) electrons. The highest BCUT2D eigenvalue weighted by molar-refractivity contribution is 6.26. The van der Waals surface area contributed by atoms with E-state index in [1.54, 1.807) is 6.92 Å². The number of methoxy groups -OCH3 is 1. The van der Waals surface area contributed by atoms with Gasteiger partial charge in [-0.3, -0.25) is 14.4 Å². The highest BCUT2D eigenvalue weighted by Gasteiger charge is 2.83. The normalized spacial score (nSPS) is 53.2. The van der Waals surface area contributed by atoms with E-state index in [1.807, 2.05) is 27.7 Å². The molecule has 4 fully saturated rings. The van der Waals surface area contributed by atoms with Crippen molar-refractivity contribution in [2.45, 2.75) is 91.0 Å². The minimum atomic E-state index is -2.35. The molecule has 4 aliphatic rings. The van der Waals surface area contributed by atoms with Crippen molar-refractivity contribution in [2.75, 3.05) is 7.11 Å². The second-order valence-corrected chi connectivity index (χ2v) is 12.5. The van der Waals surface area contributed by atoms with Gasteiger partial charge >= 0.3 is 5.97 Å². The SMILES string of the molecule is C=C1[C@@]2(C)C[C@@H]3[C@](C)(CC[C@]4(O)C(C)(C)[C@H](O)CC[C@@]34C)[C@]1(C(=O)OC)C(=O)[C@@](C)(O)C2=O. The number of ketones is 2. The standard InChI is InChI=1S/C26H38O7/c1-14-21(4)13-15-22(5)10-9-16(27)20(2,3)25(22,32)12-11-23(15,6)26(14,19(30)33-8)18(29)24(7,31)17(21)28/h15-16,27,31-32H,1,9-13H2,2-8H3/t15-,16+,21+,22-,23-,24-,25-,26-/m0/s1. The molecule has 0 unspecified atom stereocenters. The second-order valence-electron chi connectivity index (χ2n) is 12.5. The first-order valence-electron chi connectivity index (χ1n) is 11.9. The van der Waals surface area contributed by atoms with Gasteiger partial charge in [0, 0.05) is 10.8 Å². The third-order valence-electron chi connectivity index (χ3n) is 11.1. The molecular formula is C26H38O7. The maximum Gasteiger partial charge on any atom is 0.324 e. The summed E-state index contributed by atoms with van der Waals surface area (Å²) in [6.45, 7) is 14.5. The Kier molecular flexibility index (Phi) is 4.72. The van der Waals surface area contributed by atoms with Crippen molar-refractivity contribution in [1.82, 2.24) is 0 Å². The van der Waals surface area contributed by atoms with Crippen LogP contribution in [0.4, 0.5) is 0 Å². The summed E-state index contributed by atoms with van der Waals surface area (Å²) in [5.74, 6) is -2.80. The molecule has 8 atom stereocenters. The molecule has 0 aromatic carbocycles. The second kappa shape index (κ2) is 6.35. The summed E-state index contributed by atoms with van der Waals surface area (Å²) in [5, 5.41) is 34.2. The van der Waals surface area contributed by atoms with Crippen molar-refractivity contribution in [3.05, 3.63) is 12.2 Å². The number of esters is 1. The number of rotatable bonds is 1. The Labute approximate surface area is 195 Å². The van der Waals surface area contributed by atoms with E-state index in [0.717, 1.165) is 0 Å². The van der Waals surface area contributed by atoms with Gasteiger partial charge in [0.15, 0.2) is 22.6 Å². The third kappa shape index (κ3) is 2.21. The van der Waals surface area contributed by atoms with Crippen molar-refractivity contribution in [3.8, 4) is 0 Å². The zero-order valence-corrected chi connectivity index (χ0v) is 20.9. The molecule has 0 amide bonds. The third-order valence-corrected chi connectivity index (χ3v) is 11.1. The van der Waals surface area contributed by atoms with E-state index in [4.69, 9.17) is 4.74 Å². The molecule has 0 heterocycles. The van der Waals surface area contributed by atoms with Crippen LogP contribution in [-0.2, 0) is 19.1 Å². The molecule has 7 heteroatoms. The quantitative estimate of drug-likeness (QED) is 0.311. The Morgan fingerprint density at radius 1 is 0.970 bits per heavy atom. The number of hydrogen-bond donors (Lipinski definition) is 3. The highest BCUT2D eigenvalue weighted by Crippen LogP contribution is 2.77. The molecule has 0 aromatic rings. The van der Waals surface area contributed by atoms with E-state index in [0.29, 0.717) is 12.8 Å². The van der Waals surface area contributed by atoms with Crippen molar-refractivity contribution in [3.63, 3.8) is 0 Å². The minimum Gasteiger partial charge on any atom is -0.468 e. The lowest BCUT2D eigenvalue weighted by atomic mass is 9.29. The average molecular weight is 463 g/mol. The Morgan fingerprint density at radius 2 is 1.55 bits per heavy atom. The molecule has 2 bridgehead atoms. The first-order chi connectivity index (χ1) is 14.9. The van der Waals surface area contributed by atoms with Gasteiger partial charge in [0.25, 0.3) is 0 Å². The van der Waals surface area contributed by atoms with Crippen molar-refractivity contribution in [1.29, 1.82) is 0 Å². The van der Waals surface area contributed by atoms with Crippen LogP contribution in [0.5, 0.6) is 0 Å². The number of aliphatic hydroxyl groups is 3. The average Bonchev–Trinajstić information content (AvgIpc) is 2.74. The fourth-order valence-electron chi connectivity index (χ4n) is 8.83. The molecule has 4 aliphatic carbocycles. The zero-order valence-electron chi connectivity index (χ0n) is 20.9. The van der Waals surface area contributed by atoms with Crippen LogP contribution < -0.4 is 0 Å². The van der Waals surface area contributed by atoms with Gasteiger partial charge in [-0.2, -0.15) is 0 Å².